The van der Waals surface area contributed by atoms with E-state index in [4.69, 9.17) is 0 Å². The van der Waals surface area contributed by atoms with Gasteiger partial charge in [-0.1, -0.05) is 6.07 Å². The summed E-state index contributed by atoms with van der Waals surface area (Å²) >= 11 is 3.77. The van der Waals surface area contributed by atoms with Gasteiger partial charge in [0.15, 0.2) is 0 Å². The van der Waals surface area contributed by atoms with Gasteiger partial charge in [-0.2, -0.15) is 0 Å². The number of nitrogens with zero attached hydrogens (tertiary/aromatic N) is 1. The van der Waals surface area contributed by atoms with Crippen molar-refractivity contribution in [2.24, 2.45) is 0 Å². The maximum atomic E-state index is 3.58. The first kappa shape index (κ1) is 14.3. The smallest absolute Gasteiger partial charge is 0.0331 e. The molecule has 4 heteroatoms. The van der Waals surface area contributed by atoms with E-state index in [2.05, 4.69) is 46.1 Å². The number of fused-ring (bicyclic) bond motifs is 1. The number of hydrogen-bond acceptors (Lipinski definition) is 4. The van der Waals surface area contributed by atoms with E-state index in [0.717, 1.165) is 26.1 Å². The minimum atomic E-state index is 0.587. The van der Waals surface area contributed by atoms with Crippen molar-refractivity contribution in [3.8, 4) is 0 Å². The Bertz CT molecular complexity index is 518. The van der Waals surface area contributed by atoms with Crippen molar-refractivity contribution < 1.29 is 0 Å². The Hall–Kier alpha value is -0.680. The molecule has 0 aromatic carbocycles. The van der Waals surface area contributed by atoms with Gasteiger partial charge in [0.2, 0.25) is 0 Å². The third-order valence-electron chi connectivity index (χ3n) is 4.11. The van der Waals surface area contributed by atoms with Crippen molar-refractivity contribution >= 4 is 22.7 Å². The topological polar surface area (TPSA) is 15.3 Å². The van der Waals surface area contributed by atoms with Crippen LogP contribution < -0.4 is 5.32 Å². The molecule has 1 aliphatic rings. The standard InChI is InChI=1S/C16H22N2S2/c1-13-15-6-12-20-16(15)5-9-18(13)10-8-17-7-4-14-3-2-11-19-14/h2-3,6,11-13,17H,4-5,7-10H2,1H3. The molecule has 0 spiro atoms. The third-order valence-corrected chi connectivity index (χ3v) is 6.04. The summed E-state index contributed by atoms with van der Waals surface area (Å²) in [6.07, 6.45) is 2.38. The monoisotopic (exact) mass is 306 g/mol. The van der Waals surface area contributed by atoms with E-state index < -0.39 is 0 Å². The molecule has 2 nitrogen and oxygen atoms in total. The number of nitrogens with one attached hydrogen (secondary N) is 1. The summed E-state index contributed by atoms with van der Waals surface area (Å²) in [4.78, 5) is 5.68. The summed E-state index contributed by atoms with van der Waals surface area (Å²) in [5.74, 6) is 0. The molecule has 0 aliphatic carbocycles. The Labute approximate surface area is 129 Å². The second kappa shape index (κ2) is 6.85. The van der Waals surface area contributed by atoms with Crippen LogP contribution in [0.4, 0.5) is 0 Å². The number of thiophene rings is 2. The van der Waals surface area contributed by atoms with Crippen LogP contribution in [0.1, 0.15) is 28.3 Å². The van der Waals surface area contributed by atoms with Crippen LogP contribution in [0.15, 0.2) is 29.0 Å². The fourth-order valence-electron chi connectivity index (χ4n) is 2.88. The summed E-state index contributed by atoms with van der Waals surface area (Å²) in [6.45, 7) is 6.89. The molecule has 0 radical (unpaired) electrons. The molecular formula is C16H22N2S2. The van der Waals surface area contributed by atoms with Crippen LogP contribution >= 0.6 is 22.7 Å². The lowest BCUT2D eigenvalue weighted by Crippen LogP contribution is -2.38. The fourth-order valence-corrected chi connectivity index (χ4v) is 4.55. The van der Waals surface area contributed by atoms with Crippen LogP contribution in [-0.4, -0.2) is 31.1 Å². The Kier molecular flexibility index (Phi) is 4.89. The average Bonchev–Trinajstić information content (AvgIpc) is 3.11. The zero-order chi connectivity index (χ0) is 13.8. The molecule has 0 fully saturated rings. The number of rotatable bonds is 6. The summed E-state index contributed by atoms with van der Waals surface area (Å²) in [5, 5.41) is 7.97. The predicted molar refractivity (Wildman–Crippen MR) is 88.9 cm³/mol. The van der Waals surface area contributed by atoms with Gasteiger partial charge in [0.05, 0.1) is 0 Å². The van der Waals surface area contributed by atoms with Gasteiger partial charge in [0, 0.05) is 42.0 Å². The van der Waals surface area contributed by atoms with Gasteiger partial charge in [-0.25, -0.2) is 0 Å². The molecule has 3 heterocycles. The highest BCUT2D eigenvalue weighted by molar-refractivity contribution is 7.10. The molecule has 2 aromatic heterocycles. The van der Waals surface area contributed by atoms with Crippen LogP contribution in [-0.2, 0) is 12.8 Å². The van der Waals surface area contributed by atoms with Crippen molar-refractivity contribution in [1.82, 2.24) is 10.2 Å². The molecule has 1 atom stereocenters. The number of hydrogen-bond donors (Lipinski definition) is 1. The van der Waals surface area contributed by atoms with Crippen LogP contribution in [0.25, 0.3) is 0 Å². The normalized spacial score (nSPS) is 19.1. The average molecular weight is 306 g/mol. The van der Waals surface area contributed by atoms with Crippen molar-refractivity contribution in [3.05, 3.63) is 44.3 Å². The second-order valence-electron chi connectivity index (χ2n) is 5.34. The van der Waals surface area contributed by atoms with Gasteiger partial charge in [-0.05, 0) is 48.2 Å². The lowest BCUT2D eigenvalue weighted by molar-refractivity contribution is 0.201. The zero-order valence-corrected chi connectivity index (χ0v) is 13.6. The lowest BCUT2D eigenvalue weighted by atomic mass is 10.0. The summed E-state index contributed by atoms with van der Waals surface area (Å²) < 4.78 is 0. The maximum Gasteiger partial charge on any atom is 0.0331 e. The molecule has 1 N–H and O–H groups in total. The highest BCUT2D eigenvalue weighted by Crippen LogP contribution is 2.32. The third kappa shape index (κ3) is 3.31. The first-order valence-electron chi connectivity index (χ1n) is 7.38. The lowest BCUT2D eigenvalue weighted by Gasteiger charge is -2.33. The second-order valence-corrected chi connectivity index (χ2v) is 7.37. The van der Waals surface area contributed by atoms with Gasteiger partial charge in [-0.3, -0.25) is 4.90 Å². The molecule has 0 bridgehead atoms. The van der Waals surface area contributed by atoms with Crippen molar-refractivity contribution in [3.63, 3.8) is 0 Å². The highest BCUT2D eigenvalue weighted by atomic mass is 32.1. The molecular weight excluding hydrogens is 284 g/mol. The molecule has 1 aliphatic heterocycles. The van der Waals surface area contributed by atoms with E-state index in [1.165, 1.54) is 17.8 Å². The van der Waals surface area contributed by atoms with Gasteiger partial charge in [0.25, 0.3) is 0 Å². The summed E-state index contributed by atoms with van der Waals surface area (Å²) in [7, 11) is 0. The van der Waals surface area contributed by atoms with Gasteiger partial charge < -0.3 is 5.32 Å². The van der Waals surface area contributed by atoms with Crippen LogP contribution in [0.2, 0.25) is 0 Å². The van der Waals surface area contributed by atoms with E-state index >= 15 is 0 Å². The Balaban J connectivity index is 1.39. The molecule has 20 heavy (non-hydrogen) atoms. The molecule has 108 valence electrons. The molecule has 1 unspecified atom stereocenters. The first-order chi connectivity index (χ1) is 9.84. The Morgan fingerprint density at radius 2 is 2.20 bits per heavy atom. The van der Waals surface area contributed by atoms with Crippen molar-refractivity contribution in [2.75, 3.05) is 26.2 Å². The Morgan fingerprint density at radius 3 is 3.05 bits per heavy atom. The summed E-state index contributed by atoms with van der Waals surface area (Å²) in [6, 6.07) is 7.25. The Morgan fingerprint density at radius 1 is 1.25 bits per heavy atom. The highest BCUT2D eigenvalue weighted by Gasteiger charge is 2.23. The largest absolute Gasteiger partial charge is 0.315 e. The van der Waals surface area contributed by atoms with E-state index in [-0.39, 0.29) is 0 Å². The first-order valence-corrected chi connectivity index (χ1v) is 9.14. The maximum absolute atomic E-state index is 3.58. The van der Waals surface area contributed by atoms with Crippen LogP contribution in [0.3, 0.4) is 0 Å². The SMILES string of the molecule is CC1c2ccsc2CCN1CCNCCc1cccs1. The minimum Gasteiger partial charge on any atom is -0.315 e. The van der Waals surface area contributed by atoms with Gasteiger partial charge in [0.1, 0.15) is 0 Å². The minimum absolute atomic E-state index is 0.587. The van der Waals surface area contributed by atoms with E-state index in [9.17, 15) is 0 Å². The predicted octanol–water partition coefficient (Wildman–Crippen LogP) is 3.56. The van der Waals surface area contributed by atoms with Gasteiger partial charge >= 0.3 is 0 Å². The van der Waals surface area contributed by atoms with Crippen molar-refractivity contribution in [2.45, 2.75) is 25.8 Å². The zero-order valence-electron chi connectivity index (χ0n) is 12.0. The summed E-state index contributed by atoms with van der Waals surface area (Å²) in [5.41, 5.74) is 1.56. The van der Waals surface area contributed by atoms with E-state index in [0.29, 0.717) is 6.04 Å². The molecule has 2 aromatic rings. The van der Waals surface area contributed by atoms with Crippen molar-refractivity contribution in [1.29, 1.82) is 0 Å². The van der Waals surface area contributed by atoms with Crippen LogP contribution in [0.5, 0.6) is 0 Å². The molecule has 3 rings (SSSR count). The van der Waals surface area contributed by atoms with Crippen LogP contribution in [0, 0.1) is 0 Å². The molecule has 0 saturated carbocycles. The quantitative estimate of drug-likeness (QED) is 0.821. The van der Waals surface area contributed by atoms with E-state index in [1.54, 1.807) is 10.4 Å². The molecule has 0 amide bonds. The molecule has 0 saturated heterocycles. The fraction of sp³-hybridized carbons (Fsp3) is 0.500. The van der Waals surface area contributed by atoms with E-state index in [1.807, 2.05) is 22.7 Å². The van der Waals surface area contributed by atoms with Gasteiger partial charge in [-0.15, -0.1) is 22.7 Å².